The van der Waals surface area contributed by atoms with E-state index in [0.717, 1.165) is 21.7 Å². The van der Waals surface area contributed by atoms with Gasteiger partial charge in [0.25, 0.3) is 5.91 Å². The molecule has 3 nitrogen and oxygen atoms in total. The van der Waals surface area contributed by atoms with Crippen molar-refractivity contribution < 1.29 is 9.53 Å². The van der Waals surface area contributed by atoms with Crippen LogP contribution in [0.5, 0.6) is 5.75 Å². The summed E-state index contributed by atoms with van der Waals surface area (Å²) in [5, 5.41) is 3.71. The SMILES string of the molecule is O=C1COc2ccc(C3=Cc4ccc(I)cc4SC3c3ccccc3Cl)cc2N1. The summed E-state index contributed by atoms with van der Waals surface area (Å²) in [6.45, 7) is 0.0547. The number of thioether (sulfide) groups is 1. The maximum Gasteiger partial charge on any atom is 0.262 e. The molecule has 3 aromatic rings. The summed E-state index contributed by atoms with van der Waals surface area (Å²) in [5.41, 5.74) is 5.16. The highest BCUT2D eigenvalue weighted by Gasteiger charge is 2.28. The van der Waals surface area contributed by atoms with Crippen LogP contribution in [0.25, 0.3) is 11.6 Å². The topological polar surface area (TPSA) is 38.3 Å². The number of carbonyl (C=O) groups is 1. The van der Waals surface area contributed by atoms with Crippen LogP contribution in [0.15, 0.2) is 65.6 Å². The van der Waals surface area contributed by atoms with Crippen LogP contribution in [-0.4, -0.2) is 12.5 Å². The average molecular weight is 532 g/mol. The van der Waals surface area contributed by atoms with E-state index in [4.69, 9.17) is 16.3 Å². The lowest BCUT2D eigenvalue weighted by atomic mass is 9.94. The van der Waals surface area contributed by atoms with Gasteiger partial charge >= 0.3 is 0 Å². The van der Waals surface area contributed by atoms with E-state index in [1.165, 1.54) is 14.0 Å². The van der Waals surface area contributed by atoms with Crippen molar-refractivity contribution in [2.24, 2.45) is 0 Å². The fourth-order valence-electron chi connectivity index (χ4n) is 3.58. The number of fused-ring (bicyclic) bond motifs is 2. The summed E-state index contributed by atoms with van der Waals surface area (Å²) in [6, 6.07) is 20.4. The molecule has 0 aromatic heterocycles. The van der Waals surface area contributed by atoms with E-state index in [2.05, 4.69) is 58.2 Å². The minimum absolute atomic E-state index is 0.0488. The molecule has 0 bridgehead atoms. The molecule has 6 heteroatoms. The molecule has 0 aliphatic carbocycles. The molecule has 144 valence electrons. The lowest BCUT2D eigenvalue weighted by Crippen LogP contribution is -2.25. The number of hydrogen-bond donors (Lipinski definition) is 1. The number of benzene rings is 3. The summed E-state index contributed by atoms with van der Waals surface area (Å²) in [5.74, 6) is 0.561. The van der Waals surface area contributed by atoms with E-state index in [9.17, 15) is 4.79 Å². The van der Waals surface area contributed by atoms with Gasteiger partial charge in [-0.1, -0.05) is 41.9 Å². The molecular weight excluding hydrogens is 517 g/mol. The maximum absolute atomic E-state index is 11.8. The minimum atomic E-state index is -0.135. The molecule has 1 atom stereocenters. The Kier molecular flexibility index (Phi) is 5.05. The molecule has 3 aromatic carbocycles. The molecule has 2 aliphatic rings. The van der Waals surface area contributed by atoms with E-state index < -0.39 is 0 Å². The third kappa shape index (κ3) is 3.67. The van der Waals surface area contributed by atoms with Crippen molar-refractivity contribution in [2.45, 2.75) is 10.1 Å². The second kappa shape index (κ2) is 7.70. The number of rotatable bonds is 2. The lowest BCUT2D eigenvalue weighted by Gasteiger charge is -2.28. The fraction of sp³-hybridized carbons (Fsp3) is 0.0870. The van der Waals surface area contributed by atoms with Crippen molar-refractivity contribution in [2.75, 3.05) is 11.9 Å². The van der Waals surface area contributed by atoms with Crippen molar-refractivity contribution >= 4 is 69.2 Å². The Labute approximate surface area is 191 Å². The zero-order valence-electron chi connectivity index (χ0n) is 15.1. The molecule has 0 saturated carbocycles. The Morgan fingerprint density at radius 1 is 1.10 bits per heavy atom. The van der Waals surface area contributed by atoms with Crippen LogP contribution in [0.3, 0.4) is 0 Å². The first-order valence-electron chi connectivity index (χ1n) is 9.08. The van der Waals surface area contributed by atoms with Crippen molar-refractivity contribution in [3.05, 3.63) is 85.9 Å². The number of hydrogen-bond acceptors (Lipinski definition) is 3. The van der Waals surface area contributed by atoms with Crippen LogP contribution in [0, 0.1) is 3.57 Å². The van der Waals surface area contributed by atoms with Crippen molar-refractivity contribution in [3.63, 3.8) is 0 Å². The lowest BCUT2D eigenvalue weighted by molar-refractivity contribution is -0.118. The first-order chi connectivity index (χ1) is 14.1. The maximum atomic E-state index is 11.8. The smallest absolute Gasteiger partial charge is 0.262 e. The Morgan fingerprint density at radius 3 is 2.83 bits per heavy atom. The number of halogens is 2. The van der Waals surface area contributed by atoms with Gasteiger partial charge in [-0.2, -0.15) is 0 Å². The van der Waals surface area contributed by atoms with Crippen molar-refractivity contribution in [1.82, 2.24) is 0 Å². The first-order valence-corrected chi connectivity index (χ1v) is 11.4. The van der Waals surface area contributed by atoms with Crippen LogP contribution >= 0.6 is 46.0 Å². The molecule has 2 heterocycles. The highest BCUT2D eigenvalue weighted by Crippen LogP contribution is 2.52. The van der Waals surface area contributed by atoms with Crippen molar-refractivity contribution in [1.29, 1.82) is 0 Å². The molecule has 1 amide bonds. The number of amides is 1. The van der Waals surface area contributed by atoms with Crippen molar-refractivity contribution in [3.8, 4) is 5.75 Å². The molecular formula is C23H15ClINO2S. The molecule has 0 fully saturated rings. The Balaban J connectivity index is 1.66. The second-order valence-electron chi connectivity index (χ2n) is 6.85. The number of nitrogens with one attached hydrogen (secondary N) is 1. The van der Waals surface area contributed by atoms with Crippen LogP contribution in [0.1, 0.15) is 21.9 Å². The van der Waals surface area contributed by atoms with E-state index in [1.807, 2.05) is 36.4 Å². The van der Waals surface area contributed by atoms with Crippen LogP contribution in [0.4, 0.5) is 5.69 Å². The van der Waals surface area contributed by atoms with Gasteiger partial charge in [-0.25, -0.2) is 0 Å². The normalized spacial score (nSPS) is 17.5. The Bertz CT molecular complexity index is 1180. The Morgan fingerprint density at radius 2 is 1.97 bits per heavy atom. The predicted molar refractivity (Wildman–Crippen MR) is 128 cm³/mol. The van der Waals surface area contributed by atoms with E-state index in [1.54, 1.807) is 11.8 Å². The van der Waals surface area contributed by atoms with E-state index >= 15 is 0 Å². The standard InChI is InChI=1S/C23H15ClINO2S/c24-18-4-2-1-3-16(18)23-17(9-14-5-7-15(25)11-21(14)29-23)13-6-8-20-19(10-13)26-22(27)12-28-20/h1-11,23H,12H2,(H,26,27). The number of ether oxygens (including phenoxy) is 1. The zero-order chi connectivity index (χ0) is 20.0. The van der Waals surface area contributed by atoms with Gasteiger partial charge in [0, 0.05) is 13.5 Å². The number of anilines is 1. The van der Waals surface area contributed by atoms with Gasteiger partial charge in [0.1, 0.15) is 5.75 Å². The van der Waals surface area contributed by atoms with Gasteiger partial charge in [0.2, 0.25) is 0 Å². The monoisotopic (exact) mass is 531 g/mol. The van der Waals surface area contributed by atoms with Crippen LogP contribution in [0.2, 0.25) is 5.02 Å². The molecule has 0 saturated heterocycles. The highest BCUT2D eigenvalue weighted by molar-refractivity contribution is 14.1. The molecule has 5 rings (SSSR count). The largest absolute Gasteiger partial charge is 0.482 e. The molecule has 2 aliphatic heterocycles. The summed E-state index contributed by atoms with van der Waals surface area (Å²) in [6.07, 6.45) is 2.23. The fourth-order valence-corrected chi connectivity index (χ4v) is 5.97. The van der Waals surface area contributed by atoms with Gasteiger partial charge in [-0.15, -0.1) is 11.8 Å². The van der Waals surface area contributed by atoms with Gasteiger partial charge in [-0.3, -0.25) is 4.79 Å². The van der Waals surface area contributed by atoms with Gasteiger partial charge in [0.15, 0.2) is 6.61 Å². The van der Waals surface area contributed by atoms with Gasteiger partial charge in [0.05, 0.1) is 10.9 Å². The summed E-state index contributed by atoms with van der Waals surface area (Å²) in [4.78, 5) is 13.0. The average Bonchev–Trinajstić information content (AvgIpc) is 2.72. The second-order valence-corrected chi connectivity index (χ2v) is 9.65. The van der Waals surface area contributed by atoms with Crippen LogP contribution in [-0.2, 0) is 4.79 Å². The molecule has 1 unspecified atom stereocenters. The summed E-state index contributed by atoms with van der Waals surface area (Å²) < 4.78 is 6.73. The molecule has 0 spiro atoms. The molecule has 1 N–H and O–H groups in total. The quantitative estimate of drug-likeness (QED) is 0.376. The van der Waals surface area contributed by atoms with E-state index in [0.29, 0.717) is 11.4 Å². The van der Waals surface area contributed by atoms with E-state index in [-0.39, 0.29) is 17.8 Å². The first kappa shape index (κ1) is 19.0. The van der Waals surface area contributed by atoms with Crippen LogP contribution < -0.4 is 10.1 Å². The third-order valence-corrected chi connectivity index (χ3v) is 7.31. The molecule has 29 heavy (non-hydrogen) atoms. The molecule has 0 radical (unpaired) electrons. The Hall–Kier alpha value is -1.96. The third-order valence-electron chi connectivity index (χ3n) is 4.95. The van der Waals surface area contributed by atoms with Gasteiger partial charge in [-0.05, 0) is 81.3 Å². The minimum Gasteiger partial charge on any atom is -0.482 e. The summed E-state index contributed by atoms with van der Waals surface area (Å²) in [7, 11) is 0. The van der Waals surface area contributed by atoms with Gasteiger partial charge < -0.3 is 10.1 Å². The zero-order valence-corrected chi connectivity index (χ0v) is 18.8. The summed E-state index contributed by atoms with van der Waals surface area (Å²) >= 11 is 10.7. The highest BCUT2D eigenvalue weighted by atomic mass is 127. The number of carbonyl (C=O) groups excluding carboxylic acids is 1. The predicted octanol–water partition coefficient (Wildman–Crippen LogP) is 6.66.